The average Bonchev–Trinajstić information content (AvgIpc) is 2.81. The van der Waals surface area contributed by atoms with Gasteiger partial charge in [-0.25, -0.2) is 0 Å². The molecule has 1 aliphatic rings. The summed E-state index contributed by atoms with van der Waals surface area (Å²) in [5.41, 5.74) is 3.35. The van der Waals surface area contributed by atoms with Gasteiger partial charge in [0.1, 0.15) is 0 Å². The summed E-state index contributed by atoms with van der Waals surface area (Å²) in [6, 6.07) is 16.0. The molecule has 1 fully saturated rings. The first kappa shape index (κ1) is 16.5. The van der Waals surface area contributed by atoms with Gasteiger partial charge < -0.3 is 4.90 Å². The molecule has 1 aliphatic heterocycles. The molecule has 0 aliphatic carbocycles. The number of rotatable bonds is 4. The zero-order valence-corrected chi connectivity index (χ0v) is 14.0. The Labute approximate surface area is 142 Å². The Morgan fingerprint density at radius 1 is 1.04 bits per heavy atom. The Kier molecular flexibility index (Phi) is 5.11. The van der Waals surface area contributed by atoms with Gasteiger partial charge >= 0.3 is 0 Å². The molecule has 0 amide bonds. The lowest BCUT2D eigenvalue weighted by atomic mass is 10.1. The number of benzene rings is 2. The Bertz CT molecular complexity index is 703. The molecule has 5 nitrogen and oxygen atoms in total. The number of anilines is 1. The van der Waals surface area contributed by atoms with Crippen LogP contribution in [0, 0.1) is 17.0 Å². The number of hydrogen-bond donors (Lipinski definition) is 0. The Morgan fingerprint density at radius 2 is 1.83 bits per heavy atom. The molecular formula is C19H23N3O2. The molecule has 2 aromatic carbocycles. The molecule has 3 rings (SSSR count). The lowest BCUT2D eigenvalue weighted by molar-refractivity contribution is -0.385. The van der Waals surface area contributed by atoms with Crippen molar-refractivity contribution >= 4 is 11.4 Å². The van der Waals surface area contributed by atoms with Crippen molar-refractivity contribution in [1.29, 1.82) is 0 Å². The van der Waals surface area contributed by atoms with E-state index < -0.39 is 0 Å². The molecule has 126 valence electrons. The maximum absolute atomic E-state index is 11.0. The van der Waals surface area contributed by atoms with Crippen LogP contribution in [0.15, 0.2) is 48.5 Å². The molecule has 0 aromatic heterocycles. The van der Waals surface area contributed by atoms with Crippen LogP contribution in [0.5, 0.6) is 0 Å². The molecule has 2 aromatic rings. The summed E-state index contributed by atoms with van der Waals surface area (Å²) in [5.74, 6) is 0. The van der Waals surface area contributed by atoms with Crippen LogP contribution in [-0.4, -0.2) is 36.0 Å². The molecule has 0 radical (unpaired) electrons. The van der Waals surface area contributed by atoms with Crippen LogP contribution in [0.3, 0.4) is 0 Å². The minimum absolute atomic E-state index is 0.194. The van der Waals surface area contributed by atoms with Gasteiger partial charge in [0.15, 0.2) is 0 Å². The van der Waals surface area contributed by atoms with Crippen LogP contribution in [0.4, 0.5) is 11.4 Å². The number of nitrogens with zero attached hydrogens (tertiary/aromatic N) is 3. The summed E-state index contributed by atoms with van der Waals surface area (Å²) in [4.78, 5) is 15.5. The van der Waals surface area contributed by atoms with Crippen molar-refractivity contribution in [2.45, 2.75) is 19.9 Å². The molecule has 1 saturated heterocycles. The summed E-state index contributed by atoms with van der Waals surface area (Å²) >= 11 is 0. The minimum atomic E-state index is -0.316. The van der Waals surface area contributed by atoms with Crippen molar-refractivity contribution in [3.05, 3.63) is 69.8 Å². The quantitative estimate of drug-likeness (QED) is 0.636. The van der Waals surface area contributed by atoms with Crippen LogP contribution in [0.2, 0.25) is 0 Å². The second-order valence-corrected chi connectivity index (χ2v) is 6.33. The molecule has 0 N–H and O–H groups in total. The molecule has 5 heteroatoms. The van der Waals surface area contributed by atoms with Gasteiger partial charge in [-0.2, -0.15) is 0 Å². The zero-order chi connectivity index (χ0) is 16.9. The molecule has 0 saturated carbocycles. The lowest BCUT2D eigenvalue weighted by Gasteiger charge is -2.24. The van der Waals surface area contributed by atoms with Crippen LogP contribution in [-0.2, 0) is 6.54 Å². The zero-order valence-electron chi connectivity index (χ0n) is 14.0. The van der Waals surface area contributed by atoms with E-state index in [-0.39, 0.29) is 10.6 Å². The van der Waals surface area contributed by atoms with E-state index in [2.05, 4.69) is 34.1 Å². The van der Waals surface area contributed by atoms with Crippen molar-refractivity contribution in [3.63, 3.8) is 0 Å². The molecule has 0 spiro atoms. The summed E-state index contributed by atoms with van der Waals surface area (Å²) in [6.45, 7) is 6.81. The third kappa shape index (κ3) is 3.92. The second-order valence-electron chi connectivity index (χ2n) is 6.33. The lowest BCUT2D eigenvalue weighted by Crippen LogP contribution is -2.30. The van der Waals surface area contributed by atoms with Crippen LogP contribution >= 0.6 is 0 Å². The summed E-state index contributed by atoms with van der Waals surface area (Å²) < 4.78 is 0. The number of aryl methyl sites for hydroxylation is 1. The third-order valence-electron chi connectivity index (χ3n) is 4.58. The van der Waals surface area contributed by atoms with E-state index in [4.69, 9.17) is 0 Å². The van der Waals surface area contributed by atoms with Crippen molar-refractivity contribution in [2.75, 3.05) is 31.1 Å². The van der Waals surface area contributed by atoms with E-state index in [0.29, 0.717) is 0 Å². The summed E-state index contributed by atoms with van der Waals surface area (Å²) in [6.07, 6.45) is 1.10. The van der Waals surface area contributed by atoms with Gasteiger partial charge in [0.05, 0.1) is 4.92 Å². The van der Waals surface area contributed by atoms with Crippen LogP contribution < -0.4 is 4.90 Å². The predicted molar refractivity (Wildman–Crippen MR) is 96.4 cm³/mol. The Morgan fingerprint density at radius 3 is 2.54 bits per heavy atom. The largest absolute Gasteiger partial charge is 0.370 e. The van der Waals surface area contributed by atoms with E-state index >= 15 is 0 Å². The van der Waals surface area contributed by atoms with Gasteiger partial charge in [0.2, 0.25) is 0 Å². The summed E-state index contributed by atoms with van der Waals surface area (Å²) in [5, 5.41) is 11.0. The first-order valence-corrected chi connectivity index (χ1v) is 8.40. The predicted octanol–water partition coefficient (Wildman–Crippen LogP) is 3.62. The fourth-order valence-electron chi connectivity index (χ4n) is 3.27. The normalized spacial score (nSPS) is 16.0. The van der Waals surface area contributed by atoms with E-state index in [0.717, 1.165) is 50.4 Å². The Balaban J connectivity index is 1.65. The van der Waals surface area contributed by atoms with Gasteiger partial charge in [-0.3, -0.25) is 15.0 Å². The van der Waals surface area contributed by atoms with Gasteiger partial charge in [-0.05, 0) is 31.0 Å². The monoisotopic (exact) mass is 325 g/mol. The van der Waals surface area contributed by atoms with Crippen LogP contribution in [0.25, 0.3) is 0 Å². The topological polar surface area (TPSA) is 49.6 Å². The SMILES string of the molecule is Cc1cc(N2CCCN(Cc3ccccc3)CC2)ccc1[N+](=O)[O-]. The fraction of sp³-hybridized carbons (Fsp3) is 0.368. The van der Waals surface area contributed by atoms with Crippen molar-refractivity contribution in [2.24, 2.45) is 0 Å². The van der Waals surface area contributed by atoms with Crippen LogP contribution in [0.1, 0.15) is 17.5 Å². The second kappa shape index (κ2) is 7.45. The first-order chi connectivity index (χ1) is 11.6. The third-order valence-corrected chi connectivity index (χ3v) is 4.58. The molecule has 0 unspecified atom stereocenters. The van der Waals surface area contributed by atoms with Gasteiger partial charge in [-0.1, -0.05) is 30.3 Å². The van der Waals surface area contributed by atoms with Gasteiger partial charge in [-0.15, -0.1) is 0 Å². The Hall–Kier alpha value is -2.40. The van der Waals surface area contributed by atoms with Gasteiger partial charge in [0, 0.05) is 50.0 Å². The highest BCUT2D eigenvalue weighted by atomic mass is 16.6. The number of nitro groups is 1. The molecule has 0 bridgehead atoms. The fourth-order valence-corrected chi connectivity index (χ4v) is 3.27. The molecular weight excluding hydrogens is 302 g/mol. The van der Waals surface area contributed by atoms with E-state index in [1.807, 2.05) is 18.2 Å². The van der Waals surface area contributed by atoms with E-state index in [1.54, 1.807) is 13.0 Å². The van der Waals surface area contributed by atoms with E-state index in [1.165, 1.54) is 5.56 Å². The van der Waals surface area contributed by atoms with Crippen molar-refractivity contribution < 1.29 is 4.92 Å². The summed E-state index contributed by atoms with van der Waals surface area (Å²) in [7, 11) is 0. The first-order valence-electron chi connectivity index (χ1n) is 8.40. The standard InChI is InChI=1S/C19H23N3O2/c1-16-14-18(8-9-19(16)22(23)24)21-11-5-10-20(12-13-21)15-17-6-3-2-4-7-17/h2-4,6-9,14H,5,10-13,15H2,1H3. The molecule has 24 heavy (non-hydrogen) atoms. The maximum atomic E-state index is 11.0. The van der Waals surface area contributed by atoms with E-state index in [9.17, 15) is 10.1 Å². The maximum Gasteiger partial charge on any atom is 0.272 e. The minimum Gasteiger partial charge on any atom is -0.370 e. The average molecular weight is 325 g/mol. The van der Waals surface area contributed by atoms with Crippen molar-refractivity contribution in [1.82, 2.24) is 4.90 Å². The number of hydrogen-bond acceptors (Lipinski definition) is 4. The van der Waals surface area contributed by atoms with Crippen molar-refractivity contribution in [3.8, 4) is 0 Å². The molecule has 1 heterocycles. The number of nitro benzene ring substituents is 1. The highest BCUT2D eigenvalue weighted by Gasteiger charge is 2.17. The highest BCUT2D eigenvalue weighted by molar-refractivity contribution is 5.55. The smallest absolute Gasteiger partial charge is 0.272 e. The molecule has 0 atom stereocenters. The van der Waals surface area contributed by atoms with Gasteiger partial charge in [0.25, 0.3) is 5.69 Å². The highest BCUT2D eigenvalue weighted by Crippen LogP contribution is 2.25.